The van der Waals surface area contributed by atoms with Gasteiger partial charge in [0.2, 0.25) is 0 Å². The first-order valence-corrected chi connectivity index (χ1v) is 20.2. The third-order valence-corrected chi connectivity index (χ3v) is 11.3. The second-order valence-corrected chi connectivity index (χ2v) is 14.9. The molecule has 10 rings (SSSR count). The fourth-order valence-electron chi connectivity index (χ4n) is 8.30. The zero-order valence-electron chi connectivity index (χ0n) is 32.6. The molecular formula is C58H41N. The van der Waals surface area contributed by atoms with E-state index in [0.29, 0.717) is 0 Å². The van der Waals surface area contributed by atoms with E-state index in [2.05, 4.69) is 254 Å². The highest BCUT2D eigenvalue weighted by atomic mass is 15.1. The predicted molar refractivity (Wildman–Crippen MR) is 251 cm³/mol. The standard InChI is InChI=1S/C58H41N/c1-3-15-42(16-4-1)47-21-11-22-48(39-47)44-31-35-53(36-32-44)59(58-30-10-9-28-57(58)52-26-13-23-49(41-52)43-17-5-2-6-18-43)54-37-33-45(34-38-54)50-24-12-25-51(40-50)56-29-14-20-46-19-7-8-27-55(46)56/h1-41H. The molecule has 0 aliphatic carbocycles. The van der Waals surface area contributed by atoms with Crippen LogP contribution in [-0.2, 0) is 0 Å². The molecule has 10 aromatic rings. The van der Waals surface area contributed by atoms with Crippen LogP contribution < -0.4 is 4.90 Å². The third-order valence-electron chi connectivity index (χ3n) is 11.3. The first kappa shape index (κ1) is 35.7. The molecule has 0 saturated heterocycles. The number of anilines is 3. The highest BCUT2D eigenvalue weighted by Gasteiger charge is 2.18. The predicted octanol–water partition coefficient (Wildman–Crippen LogP) is 16.3. The minimum absolute atomic E-state index is 1.09. The van der Waals surface area contributed by atoms with E-state index < -0.39 is 0 Å². The lowest BCUT2D eigenvalue weighted by Gasteiger charge is -2.28. The van der Waals surface area contributed by atoms with Crippen molar-refractivity contribution in [2.45, 2.75) is 0 Å². The Morgan fingerprint density at radius 3 is 1.14 bits per heavy atom. The molecule has 59 heavy (non-hydrogen) atoms. The van der Waals surface area contributed by atoms with Gasteiger partial charge in [0.15, 0.2) is 0 Å². The van der Waals surface area contributed by atoms with Crippen LogP contribution in [-0.4, -0.2) is 0 Å². The van der Waals surface area contributed by atoms with Gasteiger partial charge in [0, 0.05) is 16.9 Å². The maximum Gasteiger partial charge on any atom is 0.0540 e. The topological polar surface area (TPSA) is 3.24 Å². The molecule has 0 N–H and O–H groups in total. The van der Waals surface area contributed by atoms with Crippen LogP contribution in [0.2, 0.25) is 0 Å². The molecule has 0 heterocycles. The molecule has 0 saturated carbocycles. The number of para-hydroxylation sites is 1. The molecule has 1 heteroatoms. The zero-order valence-corrected chi connectivity index (χ0v) is 32.6. The SMILES string of the molecule is c1ccc(-c2cccc(-c3ccc(N(c4ccc(-c5cccc(-c6cccc7ccccc67)c5)cc4)c4ccccc4-c4cccc(-c5ccccc5)c4)cc3)c2)cc1. The summed E-state index contributed by atoms with van der Waals surface area (Å²) in [7, 11) is 0. The molecule has 278 valence electrons. The lowest BCUT2D eigenvalue weighted by atomic mass is 9.95. The molecule has 0 aliphatic rings. The van der Waals surface area contributed by atoms with Crippen molar-refractivity contribution >= 4 is 27.8 Å². The van der Waals surface area contributed by atoms with Crippen LogP contribution in [0.25, 0.3) is 77.5 Å². The second-order valence-electron chi connectivity index (χ2n) is 14.9. The Morgan fingerprint density at radius 2 is 0.576 bits per heavy atom. The van der Waals surface area contributed by atoms with Crippen molar-refractivity contribution in [1.82, 2.24) is 0 Å². The Bertz CT molecular complexity index is 3010. The second kappa shape index (κ2) is 16.0. The van der Waals surface area contributed by atoms with Crippen molar-refractivity contribution in [3.8, 4) is 66.8 Å². The van der Waals surface area contributed by atoms with Gasteiger partial charge in [-0.1, -0.05) is 200 Å². The Hall–Kier alpha value is -7.74. The lowest BCUT2D eigenvalue weighted by Crippen LogP contribution is -2.11. The van der Waals surface area contributed by atoms with Crippen molar-refractivity contribution in [1.29, 1.82) is 0 Å². The number of hydrogen-bond acceptors (Lipinski definition) is 1. The van der Waals surface area contributed by atoms with Gasteiger partial charge in [0.05, 0.1) is 5.69 Å². The number of nitrogens with zero attached hydrogens (tertiary/aromatic N) is 1. The van der Waals surface area contributed by atoms with Gasteiger partial charge in [-0.25, -0.2) is 0 Å². The van der Waals surface area contributed by atoms with Crippen molar-refractivity contribution in [3.63, 3.8) is 0 Å². The van der Waals surface area contributed by atoms with E-state index in [1.165, 1.54) is 72.0 Å². The molecule has 0 unspecified atom stereocenters. The molecule has 0 spiro atoms. The molecule has 0 aliphatic heterocycles. The van der Waals surface area contributed by atoms with Crippen LogP contribution in [0, 0.1) is 0 Å². The van der Waals surface area contributed by atoms with Crippen molar-refractivity contribution in [2.24, 2.45) is 0 Å². The summed E-state index contributed by atoms with van der Waals surface area (Å²) in [5.74, 6) is 0. The monoisotopic (exact) mass is 751 g/mol. The van der Waals surface area contributed by atoms with Gasteiger partial charge in [0.1, 0.15) is 0 Å². The summed E-state index contributed by atoms with van der Waals surface area (Å²) < 4.78 is 0. The van der Waals surface area contributed by atoms with E-state index in [1.54, 1.807) is 0 Å². The maximum atomic E-state index is 2.39. The number of benzene rings is 10. The molecule has 0 radical (unpaired) electrons. The normalized spacial score (nSPS) is 11.1. The lowest BCUT2D eigenvalue weighted by molar-refractivity contribution is 1.28. The molecular weight excluding hydrogens is 711 g/mol. The van der Waals surface area contributed by atoms with E-state index in [4.69, 9.17) is 0 Å². The smallest absolute Gasteiger partial charge is 0.0540 e. The van der Waals surface area contributed by atoms with Crippen LogP contribution in [0.5, 0.6) is 0 Å². The summed E-state index contributed by atoms with van der Waals surface area (Å²) in [5.41, 5.74) is 17.6. The van der Waals surface area contributed by atoms with Gasteiger partial charge < -0.3 is 4.90 Å². The van der Waals surface area contributed by atoms with Crippen LogP contribution in [0.1, 0.15) is 0 Å². The van der Waals surface area contributed by atoms with Crippen LogP contribution in [0.15, 0.2) is 249 Å². The van der Waals surface area contributed by atoms with Crippen molar-refractivity contribution in [3.05, 3.63) is 249 Å². The van der Waals surface area contributed by atoms with Gasteiger partial charge in [-0.15, -0.1) is 0 Å². The van der Waals surface area contributed by atoms with Crippen molar-refractivity contribution in [2.75, 3.05) is 4.90 Å². The molecule has 0 aromatic heterocycles. The van der Waals surface area contributed by atoms with Gasteiger partial charge in [-0.2, -0.15) is 0 Å². The molecule has 0 bridgehead atoms. The highest BCUT2D eigenvalue weighted by Crippen LogP contribution is 2.43. The van der Waals surface area contributed by atoms with E-state index in [9.17, 15) is 0 Å². The number of hydrogen-bond donors (Lipinski definition) is 0. The first-order valence-electron chi connectivity index (χ1n) is 20.2. The quantitative estimate of drug-likeness (QED) is 0.142. The minimum Gasteiger partial charge on any atom is -0.310 e. The summed E-state index contributed by atoms with van der Waals surface area (Å²) in [6.07, 6.45) is 0. The van der Waals surface area contributed by atoms with Crippen LogP contribution in [0.4, 0.5) is 17.1 Å². The third kappa shape index (κ3) is 7.34. The van der Waals surface area contributed by atoms with Gasteiger partial charge >= 0.3 is 0 Å². The average molecular weight is 752 g/mol. The minimum atomic E-state index is 1.09. The summed E-state index contributed by atoms with van der Waals surface area (Å²) in [6, 6.07) is 89.8. The van der Waals surface area contributed by atoms with Crippen LogP contribution in [0.3, 0.4) is 0 Å². The van der Waals surface area contributed by atoms with E-state index >= 15 is 0 Å². The summed E-state index contributed by atoms with van der Waals surface area (Å²) in [5, 5.41) is 2.52. The Morgan fingerprint density at radius 1 is 0.220 bits per heavy atom. The Balaban J connectivity index is 1.05. The molecule has 10 aromatic carbocycles. The van der Waals surface area contributed by atoms with E-state index in [1.807, 2.05) is 0 Å². The van der Waals surface area contributed by atoms with E-state index in [-0.39, 0.29) is 0 Å². The number of rotatable bonds is 9. The Labute approximate surface area is 346 Å². The summed E-state index contributed by atoms with van der Waals surface area (Å²) in [4.78, 5) is 2.39. The van der Waals surface area contributed by atoms with Crippen molar-refractivity contribution < 1.29 is 0 Å². The fraction of sp³-hybridized carbons (Fsp3) is 0. The first-order chi connectivity index (χ1) is 29.2. The Kier molecular flexibility index (Phi) is 9.68. The largest absolute Gasteiger partial charge is 0.310 e. The van der Waals surface area contributed by atoms with Gasteiger partial charge in [-0.05, 0) is 121 Å². The van der Waals surface area contributed by atoms with Gasteiger partial charge in [0.25, 0.3) is 0 Å². The molecule has 0 amide bonds. The summed E-state index contributed by atoms with van der Waals surface area (Å²) >= 11 is 0. The highest BCUT2D eigenvalue weighted by molar-refractivity contribution is 5.97. The van der Waals surface area contributed by atoms with E-state index in [0.717, 1.165) is 22.6 Å². The van der Waals surface area contributed by atoms with Gasteiger partial charge in [-0.3, -0.25) is 0 Å². The molecule has 0 atom stereocenters. The molecule has 0 fully saturated rings. The fourth-order valence-corrected chi connectivity index (χ4v) is 8.30. The zero-order chi connectivity index (χ0) is 39.4. The summed E-state index contributed by atoms with van der Waals surface area (Å²) in [6.45, 7) is 0. The van der Waals surface area contributed by atoms with Crippen LogP contribution >= 0.6 is 0 Å². The average Bonchev–Trinajstić information content (AvgIpc) is 3.33. The molecule has 1 nitrogen and oxygen atoms in total. The maximum absolute atomic E-state index is 2.39. The number of fused-ring (bicyclic) bond motifs is 1.